The van der Waals surface area contributed by atoms with Crippen LogP contribution in [0.5, 0.6) is 0 Å². The normalized spacial score (nSPS) is 16.7. The fourth-order valence-corrected chi connectivity index (χ4v) is 7.72. The summed E-state index contributed by atoms with van der Waals surface area (Å²) in [5.41, 5.74) is 1.59. The van der Waals surface area contributed by atoms with E-state index in [0.717, 1.165) is 53.9 Å². The number of anilines is 1. The number of esters is 1. The first-order valence-electron chi connectivity index (χ1n) is 11.5. The highest BCUT2D eigenvalue weighted by Crippen LogP contribution is 2.39. The molecule has 1 aliphatic carbocycles. The fraction of sp³-hybridized carbons (Fsp3) is 0.500. The molecule has 1 aromatic carbocycles. The highest BCUT2D eigenvalue weighted by molar-refractivity contribution is 7.98. The first-order chi connectivity index (χ1) is 16.2. The van der Waals surface area contributed by atoms with Gasteiger partial charge >= 0.3 is 5.97 Å². The quantitative estimate of drug-likeness (QED) is 0.432. The van der Waals surface area contributed by atoms with Gasteiger partial charge in [0, 0.05) is 22.9 Å². The van der Waals surface area contributed by atoms with Crippen LogP contribution in [0.4, 0.5) is 5.00 Å². The van der Waals surface area contributed by atoms with Crippen molar-refractivity contribution in [1.29, 1.82) is 0 Å². The maximum absolute atomic E-state index is 13.4. The van der Waals surface area contributed by atoms with Crippen molar-refractivity contribution in [2.24, 2.45) is 5.92 Å². The third-order valence-corrected chi connectivity index (χ3v) is 10.1. The number of aryl methyl sites for hydroxylation is 1. The van der Waals surface area contributed by atoms with E-state index in [-0.39, 0.29) is 15.8 Å². The molecule has 0 radical (unpaired) electrons. The van der Waals surface area contributed by atoms with Crippen LogP contribution in [0.2, 0.25) is 0 Å². The number of likely N-dealkylation sites (tertiary alicyclic amines) is 1. The molecule has 2 heterocycles. The molecule has 1 saturated heterocycles. The van der Waals surface area contributed by atoms with Crippen LogP contribution in [0.3, 0.4) is 0 Å². The minimum Gasteiger partial charge on any atom is -0.465 e. The van der Waals surface area contributed by atoms with Crippen LogP contribution in [0.1, 0.15) is 63.8 Å². The largest absolute Gasteiger partial charge is 0.465 e. The molecule has 10 heteroatoms. The Kier molecular flexibility index (Phi) is 7.59. The number of fused-ring (bicyclic) bond motifs is 1. The molecule has 1 aromatic heterocycles. The summed E-state index contributed by atoms with van der Waals surface area (Å²) in [4.78, 5) is 29.4. The molecule has 0 saturated carbocycles. The van der Waals surface area contributed by atoms with Gasteiger partial charge in [-0.15, -0.1) is 23.1 Å². The standard InChI is InChI=1S/C24H30N2O5S3/c1-15-10-12-26(13-11-15)23(27)18-14-16(8-9-19(18)32-3)34(29,30)25-22-21(24(28)31-2)17-6-4-5-7-20(17)33-22/h8-9,14-15,25H,4-7,10-13H2,1-3H3. The summed E-state index contributed by atoms with van der Waals surface area (Å²) in [6, 6.07) is 4.65. The molecule has 7 nitrogen and oxygen atoms in total. The number of nitrogens with zero attached hydrogens (tertiary/aromatic N) is 1. The molecule has 34 heavy (non-hydrogen) atoms. The lowest BCUT2D eigenvalue weighted by molar-refractivity contribution is 0.0600. The number of thiophene rings is 1. The van der Waals surface area contributed by atoms with Crippen LogP contribution in [-0.2, 0) is 27.6 Å². The van der Waals surface area contributed by atoms with Crippen LogP contribution >= 0.6 is 23.1 Å². The molecule has 0 bridgehead atoms. The van der Waals surface area contributed by atoms with Gasteiger partial charge in [-0.3, -0.25) is 9.52 Å². The van der Waals surface area contributed by atoms with E-state index in [4.69, 9.17) is 4.74 Å². The Morgan fingerprint density at radius 3 is 2.56 bits per heavy atom. The smallest absolute Gasteiger partial charge is 0.341 e. The van der Waals surface area contributed by atoms with Crippen molar-refractivity contribution in [3.8, 4) is 0 Å². The number of piperidine rings is 1. The Morgan fingerprint density at radius 2 is 1.88 bits per heavy atom. The van der Waals surface area contributed by atoms with E-state index < -0.39 is 16.0 Å². The number of hydrogen-bond donors (Lipinski definition) is 1. The summed E-state index contributed by atoms with van der Waals surface area (Å²) < 4.78 is 34.3. The molecule has 0 atom stereocenters. The number of amides is 1. The third kappa shape index (κ3) is 4.99. The molecule has 2 aromatic rings. The highest BCUT2D eigenvalue weighted by Gasteiger charge is 2.30. The van der Waals surface area contributed by atoms with E-state index in [2.05, 4.69) is 11.6 Å². The summed E-state index contributed by atoms with van der Waals surface area (Å²) in [7, 11) is -2.73. The lowest BCUT2D eigenvalue weighted by Gasteiger charge is -2.30. The monoisotopic (exact) mass is 522 g/mol. The number of benzene rings is 1. The average molecular weight is 523 g/mol. The lowest BCUT2D eigenvalue weighted by Crippen LogP contribution is -2.38. The Bertz CT molecular complexity index is 1200. The van der Waals surface area contributed by atoms with E-state index >= 15 is 0 Å². The van der Waals surface area contributed by atoms with Gasteiger partial charge in [-0.25, -0.2) is 13.2 Å². The lowest BCUT2D eigenvalue weighted by atomic mass is 9.95. The van der Waals surface area contributed by atoms with Crippen molar-refractivity contribution in [2.45, 2.75) is 55.2 Å². The summed E-state index contributed by atoms with van der Waals surface area (Å²) in [6.07, 6.45) is 7.27. The van der Waals surface area contributed by atoms with Crippen LogP contribution < -0.4 is 4.72 Å². The minimum absolute atomic E-state index is 0.00113. The molecule has 1 amide bonds. The molecule has 184 valence electrons. The van der Waals surface area contributed by atoms with Gasteiger partial charge in [0.15, 0.2) is 0 Å². The van der Waals surface area contributed by atoms with Crippen molar-refractivity contribution in [3.63, 3.8) is 0 Å². The topological polar surface area (TPSA) is 92.8 Å². The SMILES string of the molecule is COC(=O)c1c(NS(=O)(=O)c2ccc(SC)c(C(=O)N3CCC(C)CC3)c2)sc2c1CCCC2. The summed E-state index contributed by atoms with van der Waals surface area (Å²) in [5, 5.41) is 0.283. The number of thioether (sulfide) groups is 1. The van der Waals surface area contributed by atoms with E-state index in [0.29, 0.717) is 30.1 Å². The number of hydrogen-bond acceptors (Lipinski definition) is 7. The van der Waals surface area contributed by atoms with E-state index in [1.807, 2.05) is 11.2 Å². The predicted molar refractivity (Wildman–Crippen MR) is 136 cm³/mol. The van der Waals surface area contributed by atoms with E-state index in [9.17, 15) is 18.0 Å². The van der Waals surface area contributed by atoms with Crippen molar-refractivity contribution < 1.29 is 22.7 Å². The first kappa shape index (κ1) is 25.1. The number of rotatable bonds is 6. The molecule has 0 spiro atoms. The number of sulfonamides is 1. The Labute approximate surface area is 209 Å². The number of methoxy groups -OCH3 is 1. The maximum Gasteiger partial charge on any atom is 0.341 e. The first-order valence-corrected chi connectivity index (χ1v) is 15.0. The fourth-order valence-electron chi connectivity index (χ4n) is 4.54. The highest BCUT2D eigenvalue weighted by atomic mass is 32.2. The molecule has 1 N–H and O–H groups in total. The minimum atomic E-state index is -4.02. The van der Waals surface area contributed by atoms with Gasteiger partial charge in [-0.1, -0.05) is 6.92 Å². The van der Waals surface area contributed by atoms with Crippen molar-refractivity contribution >= 4 is 50.0 Å². The predicted octanol–water partition coefficient (Wildman–Crippen LogP) is 4.81. The average Bonchev–Trinajstić information content (AvgIpc) is 3.20. The van der Waals surface area contributed by atoms with Crippen molar-refractivity contribution in [3.05, 3.63) is 39.8 Å². The second-order valence-electron chi connectivity index (χ2n) is 8.85. The van der Waals surface area contributed by atoms with Gasteiger partial charge in [0.2, 0.25) is 0 Å². The Hall–Kier alpha value is -2.04. The van der Waals surface area contributed by atoms with Crippen LogP contribution in [0.15, 0.2) is 28.0 Å². The van der Waals surface area contributed by atoms with Crippen molar-refractivity contribution in [2.75, 3.05) is 31.2 Å². The van der Waals surface area contributed by atoms with Crippen LogP contribution in [-0.4, -0.2) is 51.6 Å². The molecule has 1 fully saturated rings. The number of ether oxygens (including phenoxy) is 1. The zero-order valence-electron chi connectivity index (χ0n) is 19.7. The van der Waals surface area contributed by atoms with Crippen LogP contribution in [0.25, 0.3) is 0 Å². The molecule has 0 unspecified atom stereocenters. The zero-order chi connectivity index (χ0) is 24.5. The molecular weight excluding hydrogens is 492 g/mol. The van der Waals surface area contributed by atoms with Crippen molar-refractivity contribution in [1.82, 2.24) is 4.90 Å². The number of carbonyl (C=O) groups excluding carboxylic acids is 2. The summed E-state index contributed by atoms with van der Waals surface area (Å²) in [5.74, 6) is -0.0965. The summed E-state index contributed by atoms with van der Waals surface area (Å²) >= 11 is 2.72. The second kappa shape index (κ2) is 10.3. The number of carbonyl (C=O) groups is 2. The van der Waals surface area contributed by atoms with Gasteiger partial charge in [0.05, 0.1) is 23.1 Å². The van der Waals surface area contributed by atoms with E-state index in [1.165, 1.54) is 42.3 Å². The zero-order valence-corrected chi connectivity index (χ0v) is 22.1. The third-order valence-electron chi connectivity index (χ3n) is 6.57. The van der Waals surface area contributed by atoms with Gasteiger partial charge in [0.25, 0.3) is 15.9 Å². The maximum atomic E-state index is 13.4. The van der Waals surface area contributed by atoms with Gasteiger partial charge in [0.1, 0.15) is 5.00 Å². The van der Waals surface area contributed by atoms with Gasteiger partial charge in [-0.05, 0) is 74.5 Å². The molecule has 2 aliphatic rings. The Balaban J connectivity index is 1.67. The van der Waals surface area contributed by atoms with E-state index in [1.54, 1.807) is 6.07 Å². The molecule has 4 rings (SSSR count). The molecular formula is C24H30N2O5S3. The summed E-state index contributed by atoms with van der Waals surface area (Å²) in [6.45, 7) is 3.53. The van der Waals surface area contributed by atoms with Gasteiger partial charge in [-0.2, -0.15) is 0 Å². The van der Waals surface area contributed by atoms with Crippen LogP contribution in [0, 0.1) is 5.92 Å². The number of nitrogens with one attached hydrogen (secondary N) is 1. The molecule has 1 aliphatic heterocycles. The second-order valence-corrected chi connectivity index (χ2v) is 12.5. The van der Waals surface area contributed by atoms with Gasteiger partial charge < -0.3 is 9.64 Å². The Morgan fingerprint density at radius 1 is 1.18 bits per heavy atom.